The number of rotatable bonds is 4. The molecule has 0 atom stereocenters. The van der Waals surface area contributed by atoms with E-state index >= 15 is 0 Å². The molecule has 0 amide bonds. The van der Waals surface area contributed by atoms with Crippen molar-refractivity contribution in [3.05, 3.63) is 78.5 Å². The quantitative estimate of drug-likeness (QED) is 0.570. The SMILES string of the molecule is Cc1ccn2c(Nc3ccccc3)c(-c3ccc(S(C)(=O)=O)cc3)nc2c1. The predicted molar refractivity (Wildman–Crippen MR) is 108 cm³/mol. The minimum atomic E-state index is -3.23. The number of hydrogen-bond donors (Lipinski definition) is 1. The molecule has 2 heterocycles. The van der Waals surface area contributed by atoms with Gasteiger partial charge in [0, 0.05) is 23.7 Å². The highest BCUT2D eigenvalue weighted by Gasteiger charge is 2.15. The maximum Gasteiger partial charge on any atom is 0.175 e. The van der Waals surface area contributed by atoms with Crippen molar-refractivity contribution in [1.82, 2.24) is 9.38 Å². The van der Waals surface area contributed by atoms with Crippen LogP contribution in [0.25, 0.3) is 16.9 Å². The van der Waals surface area contributed by atoms with Crippen LogP contribution >= 0.6 is 0 Å². The van der Waals surface area contributed by atoms with Gasteiger partial charge in [0.2, 0.25) is 0 Å². The fourth-order valence-electron chi connectivity index (χ4n) is 2.99. The number of anilines is 2. The van der Waals surface area contributed by atoms with Crippen molar-refractivity contribution >= 4 is 27.0 Å². The van der Waals surface area contributed by atoms with Gasteiger partial charge in [-0.25, -0.2) is 13.4 Å². The first kappa shape index (κ1) is 17.3. The van der Waals surface area contributed by atoms with Crippen LogP contribution in [0.3, 0.4) is 0 Å². The van der Waals surface area contributed by atoms with Gasteiger partial charge in [-0.05, 0) is 48.9 Å². The number of benzene rings is 2. The Hall–Kier alpha value is -3.12. The Labute approximate surface area is 158 Å². The number of fused-ring (bicyclic) bond motifs is 1. The molecule has 0 aliphatic heterocycles. The van der Waals surface area contributed by atoms with Gasteiger partial charge in [0.25, 0.3) is 0 Å². The van der Waals surface area contributed by atoms with Crippen molar-refractivity contribution in [2.75, 3.05) is 11.6 Å². The van der Waals surface area contributed by atoms with Crippen molar-refractivity contribution in [2.24, 2.45) is 0 Å². The zero-order valence-electron chi connectivity index (χ0n) is 15.0. The minimum Gasteiger partial charge on any atom is -0.339 e. The Morgan fingerprint density at radius 2 is 1.67 bits per heavy atom. The molecule has 4 rings (SSSR count). The van der Waals surface area contributed by atoms with Gasteiger partial charge in [0.1, 0.15) is 17.2 Å². The number of pyridine rings is 1. The second kappa shape index (κ2) is 6.55. The maximum atomic E-state index is 11.7. The number of aryl methyl sites for hydroxylation is 1. The van der Waals surface area contributed by atoms with Crippen molar-refractivity contribution in [1.29, 1.82) is 0 Å². The van der Waals surface area contributed by atoms with E-state index in [1.807, 2.05) is 60.0 Å². The number of imidazole rings is 1. The number of aromatic nitrogens is 2. The number of sulfone groups is 1. The van der Waals surface area contributed by atoms with Crippen LogP contribution in [0.4, 0.5) is 11.5 Å². The molecular weight excluding hydrogens is 358 g/mol. The molecule has 0 aliphatic carbocycles. The van der Waals surface area contributed by atoms with Crippen LogP contribution in [0.1, 0.15) is 5.56 Å². The molecule has 0 unspecified atom stereocenters. The van der Waals surface area contributed by atoms with E-state index in [9.17, 15) is 8.42 Å². The molecule has 2 aromatic heterocycles. The van der Waals surface area contributed by atoms with E-state index in [1.54, 1.807) is 24.3 Å². The molecule has 0 spiro atoms. The number of hydrogen-bond acceptors (Lipinski definition) is 4. The molecule has 0 fully saturated rings. The summed E-state index contributed by atoms with van der Waals surface area (Å²) in [4.78, 5) is 5.08. The lowest BCUT2D eigenvalue weighted by Crippen LogP contribution is -1.98. The van der Waals surface area contributed by atoms with E-state index in [0.717, 1.165) is 34.0 Å². The van der Waals surface area contributed by atoms with Gasteiger partial charge in [0.05, 0.1) is 4.90 Å². The molecule has 0 aliphatic rings. The Bertz CT molecular complexity index is 1210. The fraction of sp³-hybridized carbons (Fsp3) is 0.0952. The van der Waals surface area contributed by atoms with Gasteiger partial charge >= 0.3 is 0 Å². The van der Waals surface area contributed by atoms with Crippen molar-refractivity contribution in [3.63, 3.8) is 0 Å². The average Bonchev–Trinajstić information content (AvgIpc) is 2.99. The van der Waals surface area contributed by atoms with Crippen molar-refractivity contribution in [3.8, 4) is 11.3 Å². The summed E-state index contributed by atoms with van der Waals surface area (Å²) in [5, 5.41) is 3.44. The van der Waals surface area contributed by atoms with E-state index < -0.39 is 9.84 Å². The summed E-state index contributed by atoms with van der Waals surface area (Å²) in [6.07, 6.45) is 3.19. The van der Waals surface area contributed by atoms with E-state index in [2.05, 4.69) is 5.32 Å². The lowest BCUT2D eigenvalue weighted by Gasteiger charge is -2.09. The molecule has 0 saturated heterocycles. The first-order valence-corrected chi connectivity index (χ1v) is 10.4. The summed E-state index contributed by atoms with van der Waals surface area (Å²) in [7, 11) is -3.23. The standard InChI is InChI=1S/C21H19N3O2S/c1-15-12-13-24-19(14-15)23-20(21(24)22-17-6-4-3-5-7-17)16-8-10-18(11-9-16)27(2,25)26/h3-14,22H,1-2H3. The highest BCUT2D eigenvalue weighted by atomic mass is 32.2. The molecule has 0 radical (unpaired) electrons. The fourth-order valence-corrected chi connectivity index (χ4v) is 3.62. The summed E-state index contributed by atoms with van der Waals surface area (Å²) in [5.41, 5.74) is 4.52. The van der Waals surface area contributed by atoms with Gasteiger partial charge in [-0.15, -0.1) is 0 Å². The molecule has 0 saturated carbocycles. The topological polar surface area (TPSA) is 63.5 Å². The van der Waals surface area contributed by atoms with Crippen LogP contribution in [-0.2, 0) is 9.84 Å². The summed E-state index contributed by atoms with van der Waals surface area (Å²) < 4.78 is 25.5. The monoisotopic (exact) mass is 377 g/mol. The molecule has 136 valence electrons. The highest BCUT2D eigenvalue weighted by molar-refractivity contribution is 7.90. The lowest BCUT2D eigenvalue weighted by molar-refractivity contribution is 0.602. The number of para-hydroxylation sites is 1. The highest BCUT2D eigenvalue weighted by Crippen LogP contribution is 2.32. The zero-order chi connectivity index (χ0) is 19.0. The third-order valence-corrected chi connectivity index (χ3v) is 5.50. The van der Waals surface area contributed by atoms with Crippen molar-refractivity contribution < 1.29 is 8.42 Å². The van der Waals surface area contributed by atoms with Crippen LogP contribution in [0.15, 0.2) is 77.8 Å². The second-order valence-corrected chi connectivity index (χ2v) is 8.54. The first-order chi connectivity index (χ1) is 12.9. The largest absolute Gasteiger partial charge is 0.339 e. The molecule has 2 aromatic carbocycles. The van der Waals surface area contributed by atoms with E-state index in [0.29, 0.717) is 4.90 Å². The number of nitrogens with zero attached hydrogens (tertiary/aromatic N) is 2. The molecule has 0 bridgehead atoms. The maximum absolute atomic E-state index is 11.7. The smallest absolute Gasteiger partial charge is 0.175 e. The zero-order valence-corrected chi connectivity index (χ0v) is 15.9. The van der Waals surface area contributed by atoms with Crippen LogP contribution in [0.2, 0.25) is 0 Å². The van der Waals surface area contributed by atoms with Gasteiger partial charge in [-0.3, -0.25) is 4.40 Å². The Balaban J connectivity index is 1.87. The van der Waals surface area contributed by atoms with Crippen LogP contribution < -0.4 is 5.32 Å². The second-order valence-electron chi connectivity index (χ2n) is 6.53. The summed E-state index contributed by atoms with van der Waals surface area (Å²) >= 11 is 0. The normalized spacial score (nSPS) is 11.6. The minimum absolute atomic E-state index is 0.295. The molecular formula is C21H19N3O2S. The summed E-state index contributed by atoms with van der Waals surface area (Å²) in [6, 6.07) is 20.8. The van der Waals surface area contributed by atoms with Gasteiger partial charge < -0.3 is 5.32 Å². The van der Waals surface area contributed by atoms with Gasteiger partial charge in [-0.2, -0.15) is 0 Å². The molecule has 4 aromatic rings. The van der Waals surface area contributed by atoms with Gasteiger partial charge in [-0.1, -0.05) is 30.3 Å². The van der Waals surface area contributed by atoms with Crippen LogP contribution in [0.5, 0.6) is 0 Å². The first-order valence-electron chi connectivity index (χ1n) is 8.53. The third-order valence-electron chi connectivity index (χ3n) is 4.37. The lowest BCUT2D eigenvalue weighted by atomic mass is 10.1. The third kappa shape index (κ3) is 3.44. The van der Waals surface area contributed by atoms with Gasteiger partial charge in [0.15, 0.2) is 9.84 Å². The van der Waals surface area contributed by atoms with Crippen molar-refractivity contribution in [2.45, 2.75) is 11.8 Å². The Kier molecular flexibility index (Phi) is 4.20. The van der Waals surface area contributed by atoms with E-state index in [4.69, 9.17) is 4.98 Å². The summed E-state index contributed by atoms with van der Waals surface area (Å²) in [6.45, 7) is 2.03. The molecule has 5 nitrogen and oxygen atoms in total. The molecule has 1 N–H and O–H groups in total. The Morgan fingerprint density at radius 3 is 2.33 bits per heavy atom. The van der Waals surface area contributed by atoms with E-state index in [-0.39, 0.29) is 0 Å². The van der Waals surface area contributed by atoms with Crippen LogP contribution in [-0.4, -0.2) is 24.1 Å². The van der Waals surface area contributed by atoms with E-state index in [1.165, 1.54) is 6.26 Å². The number of nitrogens with one attached hydrogen (secondary N) is 1. The average molecular weight is 377 g/mol. The summed E-state index contributed by atoms with van der Waals surface area (Å²) in [5.74, 6) is 0.836. The molecule has 6 heteroatoms. The van der Waals surface area contributed by atoms with Crippen LogP contribution in [0, 0.1) is 6.92 Å². The molecule has 27 heavy (non-hydrogen) atoms. The predicted octanol–water partition coefficient (Wildman–Crippen LogP) is 4.46. The Morgan fingerprint density at radius 1 is 0.963 bits per heavy atom.